The van der Waals surface area contributed by atoms with Gasteiger partial charge in [-0.2, -0.15) is 0 Å². The van der Waals surface area contributed by atoms with Gasteiger partial charge >= 0.3 is 0 Å². The molecule has 0 aliphatic carbocycles. The molecule has 1 atom stereocenters. The van der Waals surface area contributed by atoms with E-state index >= 15 is 0 Å². The number of carbonyl (C=O) groups is 1. The quantitative estimate of drug-likeness (QED) is 0.419. The number of aromatic nitrogens is 3. The highest BCUT2D eigenvalue weighted by Gasteiger charge is 2.28. The number of carbonyl (C=O) groups excluding carboxylic acids is 1. The molecular formula is C29H31N5O3. The molecule has 4 aromatic rings. The lowest BCUT2D eigenvalue weighted by Gasteiger charge is -2.32. The van der Waals surface area contributed by atoms with E-state index in [1.54, 1.807) is 17.9 Å². The lowest BCUT2D eigenvalue weighted by Crippen LogP contribution is -2.45. The van der Waals surface area contributed by atoms with E-state index in [1.165, 1.54) is 5.56 Å². The van der Waals surface area contributed by atoms with Crippen LogP contribution in [0.1, 0.15) is 29.5 Å². The first kappa shape index (κ1) is 24.5. The number of fused-ring (bicyclic) bond motifs is 1. The van der Waals surface area contributed by atoms with Gasteiger partial charge in [-0.05, 0) is 55.2 Å². The van der Waals surface area contributed by atoms with Crippen molar-refractivity contribution in [1.82, 2.24) is 19.9 Å². The summed E-state index contributed by atoms with van der Waals surface area (Å²) in [7, 11) is 1.63. The number of hydrogen-bond donors (Lipinski definition) is 1. The molecule has 190 valence electrons. The molecule has 1 aliphatic rings. The molecule has 1 fully saturated rings. The van der Waals surface area contributed by atoms with Crippen LogP contribution in [0.5, 0.6) is 5.75 Å². The fourth-order valence-corrected chi connectivity index (χ4v) is 4.75. The van der Waals surface area contributed by atoms with E-state index in [4.69, 9.17) is 9.72 Å². The van der Waals surface area contributed by atoms with Gasteiger partial charge in [0.15, 0.2) is 11.5 Å². The van der Waals surface area contributed by atoms with Crippen molar-refractivity contribution < 1.29 is 9.53 Å². The molecule has 2 aromatic carbocycles. The number of rotatable bonds is 7. The number of nitrogens with one attached hydrogen (secondary N) is 1. The normalized spacial score (nSPS) is 15.5. The molecule has 0 bridgehead atoms. The molecule has 1 saturated heterocycles. The number of nitrogens with zero attached hydrogens (tertiary/aromatic N) is 4. The summed E-state index contributed by atoms with van der Waals surface area (Å²) >= 11 is 0. The van der Waals surface area contributed by atoms with Gasteiger partial charge in [0.1, 0.15) is 11.3 Å². The van der Waals surface area contributed by atoms with Crippen LogP contribution in [0.15, 0.2) is 71.7 Å². The third-order valence-corrected chi connectivity index (χ3v) is 6.86. The van der Waals surface area contributed by atoms with Crippen molar-refractivity contribution in [2.45, 2.75) is 32.9 Å². The number of aryl methyl sites for hydroxylation is 1. The zero-order valence-electron chi connectivity index (χ0n) is 21.2. The number of piperidine rings is 1. The minimum Gasteiger partial charge on any atom is -0.497 e. The van der Waals surface area contributed by atoms with E-state index in [-0.39, 0.29) is 17.4 Å². The van der Waals surface area contributed by atoms with Gasteiger partial charge in [-0.25, -0.2) is 9.97 Å². The van der Waals surface area contributed by atoms with Crippen molar-refractivity contribution in [3.63, 3.8) is 0 Å². The van der Waals surface area contributed by atoms with Gasteiger partial charge in [-0.15, -0.1) is 0 Å². The van der Waals surface area contributed by atoms with E-state index in [0.717, 1.165) is 29.7 Å². The summed E-state index contributed by atoms with van der Waals surface area (Å²) in [5.41, 5.74) is 4.22. The maximum atomic E-state index is 13.7. The van der Waals surface area contributed by atoms with Gasteiger partial charge in [-0.1, -0.05) is 42.0 Å². The topological polar surface area (TPSA) is 89.3 Å². The van der Waals surface area contributed by atoms with Crippen molar-refractivity contribution in [1.29, 1.82) is 0 Å². The number of pyridine rings is 1. The molecule has 0 saturated carbocycles. The number of anilines is 1. The van der Waals surface area contributed by atoms with Crippen LogP contribution in [-0.4, -0.2) is 40.6 Å². The van der Waals surface area contributed by atoms with Crippen molar-refractivity contribution in [2.24, 2.45) is 5.92 Å². The molecule has 1 aliphatic heterocycles. The molecule has 0 radical (unpaired) electrons. The lowest BCUT2D eigenvalue weighted by molar-refractivity contribution is -0.125. The Morgan fingerprint density at radius 2 is 1.84 bits per heavy atom. The fourth-order valence-electron chi connectivity index (χ4n) is 4.75. The molecule has 1 N–H and O–H groups in total. The average Bonchev–Trinajstić information content (AvgIpc) is 2.94. The lowest BCUT2D eigenvalue weighted by atomic mass is 9.97. The Kier molecular flexibility index (Phi) is 7.16. The molecule has 2 aromatic heterocycles. The SMILES string of the molecule is COc1ccc(CNC(=O)[C@H]2CCCN(c3nc4cccnc4n(Cc4ccc(C)cc4)c3=O)C2)cc1. The second-order valence-corrected chi connectivity index (χ2v) is 9.51. The summed E-state index contributed by atoms with van der Waals surface area (Å²) in [6.07, 6.45) is 3.27. The molecular weight excluding hydrogens is 466 g/mol. The summed E-state index contributed by atoms with van der Waals surface area (Å²) in [4.78, 5) is 37.9. The molecule has 8 heteroatoms. The molecule has 37 heavy (non-hydrogen) atoms. The largest absolute Gasteiger partial charge is 0.497 e. The third-order valence-electron chi connectivity index (χ3n) is 6.86. The van der Waals surface area contributed by atoms with Crippen LogP contribution >= 0.6 is 0 Å². The molecule has 1 amide bonds. The Morgan fingerprint density at radius 3 is 2.59 bits per heavy atom. The van der Waals surface area contributed by atoms with Crippen LogP contribution in [0.3, 0.4) is 0 Å². The number of ether oxygens (including phenoxy) is 1. The van der Waals surface area contributed by atoms with Crippen LogP contribution in [-0.2, 0) is 17.9 Å². The molecule has 5 rings (SSSR count). The summed E-state index contributed by atoms with van der Waals surface area (Å²) in [6.45, 7) is 4.02. The Morgan fingerprint density at radius 1 is 1.08 bits per heavy atom. The van der Waals surface area contributed by atoms with E-state index < -0.39 is 0 Å². The van der Waals surface area contributed by atoms with Crippen LogP contribution in [0.4, 0.5) is 5.82 Å². The standard InChI is InChI=1S/C29H31N5O3/c1-20-7-9-22(10-8-20)18-34-26-25(6-3-15-30-26)32-27(29(34)36)33-16-4-5-23(19-33)28(35)31-17-21-11-13-24(37-2)14-12-21/h3,6-15,23H,4-5,16-19H2,1-2H3,(H,31,35)/t23-/m0/s1. The zero-order chi connectivity index (χ0) is 25.8. The number of hydrogen-bond acceptors (Lipinski definition) is 6. The van der Waals surface area contributed by atoms with Crippen LogP contribution < -0.4 is 20.5 Å². The maximum absolute atomic E-state index is 13.7. The Labute approximate surface area is 215 Å². The second kappa shape index (κ2) is 10.8. The van der Waals surface area contributed by atoms with E-state index in [2.05, 4.69) is 10.3 Å². The van der Waals surface area contributed by atoms with Crippen molar-refractivity contribution in [3.8, 4) is 5.75 Å². The van der Waals surface area contributed by atoms with E-state index in [9.17, 15) is 9.59 Å². The van der Waals surface area contributed by atoms with Gasteiger partial charge in [0.2, 0.25) is 5.91 Å². The maximum Gasteiger partial charge on any atom is 0.295 e. The van der Waals surface area contributed by atoms with Gasteiger partial charge in [0, 0.05) is 25.8 Å². The van der Waals surface area contributed by atoms with Gasteiger partial charge in [0.05, 0.1) is 19.6 Å². The Balaban J connectivity index is 1.36. The summed E-state index contributed by atoms with van der Waals surface area (Å²) in [6, 6.07) is 19.5. The average molecular weight is 498 g/mol. The molecule has 3 heterocycles. The van der Waals surface area contributed by atoms with E-state index in [0.29, 0.717) is 43.2 Å². The minimum absolute atomic E-state index is 0.0112. The monoisotopic (exact) mass is 497 g/mol. The predicted molar refractivity (Wildman–Crippen MR) is 144 cm³/mol. The van der Waals surface area contributed by atoms with Crippen molar-refractivity contribution in [2.75, 3.05) is 25.1 Å². The van der Waals surface area contributed by atoms with Gasteiger partial charge < -0.3 is 15.0 Å². The highest BCUT2D eigenvalue weighted by molar-refractivity contribution is 5.79. The number of methoxy groups -OCH3 is 1. The highest BCUT2D eigenvalue weighted by Crippen LogP contribution is 2.22. The van der Waals surface area contributed by atoms with Gasteiger partial charge in [-0.3, -0.25) is 14.2 Å². The minimum atomic E-state index is -0.219. The predicted octanol–water partition coefficient (Wildman–Crippen LogP) is 3.69. The number of benzene rings is 2. The smallest absolute Gasteiger partial charge is 0.295 e. The van der Waals surface area contributed by atoms with Gasteiger partial charge in [0.25, 0.3) is 5.56 Å². The Bertz CT molecular complexity index is 1450. The summed E-state index contributed by atoms with van der Waals surface area (Å²) in [5, 5.41) is 3.05. The number of amides is 1. The van der Waals surface area contributed by atoms with Crippen molar-refractivity contribution in [3.05, 3.63) is 93.9 Å². The van der Waals surface area contributed by atoms with Crippen LogP contribution in [0.25, 0.3) is 11.2 Å². The fraction of sp³-hybridized carbons (Fsp3) is 0.310. The van der Waals surface area contributed by atoms with Crippen molar-refractivity contribution >= 4 is 22.9 Å². The molecule has 8 nitrogen and oxygen atoms in total. The summed E-state index contributed by atoms with van der Waals surface area (Å²) in [5.74, 6) is 0.927. The molecule has 0 unspecified atom stereocenters. The highest BCUT2D eigenvalue weighted by atomic mass is 16.5. The van der Waals surface area contributed by atoms with Crippen LogP contribution in [0.2, 0.25) is 0 Å². The molecule has 0 spiro atoms. The second-order valence-electron chi connectivity index (χ2n) is 9.51. The Hall–Kier alpha value is -4.20. The first-order valence-corrected chi connectivity index (χ1v) is 12.6. The van der Waals surface area contributed by atoms with Crippen LogP contribution in [0, 0.1) is 12.8 Å². The first-order chi connectivity index (χ1) is 18.0. The first-order valence-electron chi connectivity index (χ1n) is 12.6. The summed E-state index contributed by atoms with van der Waals surface area (Å²) < 4.78 is 6.89. The van der Waals surface area contributed by atoms with E-state index in [1.807, 2.05) is 72.5 Å². The third kappa shape index (κ3) is 5.48. The zero-order valence-corrected chi connectivity index (χ0v) is 21.2.